The SMILES string of the molecule is COc1cc(OC)cc(C(=O)N2CCc3ccccc3[C@H]2CNC(=O)Nc2ccc(Cl)c(Cl)c2)c1. The summed E-state index contributed by atoms with van der Waals surface area (Å²) in [7, 11) is 3.08. The van der Waals surface area contributed by atoms with Gasteiger partial charge in [0.1, 0.15) is 11.5 Å². The van der Waals surface area contributed by atoms with Gasteiger partial charge in [0.05, 0.1) is 30.3 Å². The Kier molecular flexibility index (Phi) is 7.68. The van der Waals surface area contributed by atoms with Crippen LogP contribution in [0, 0.1) is 0 Å². The van der Waals surface area contributed by atoms with Gasteiger partial charge in [-0.1, -0.05) is 47.5 Å². The Balaban J connectivity index is 1.56. The van der Waals surface area contributed by atoms with Crippen LogP contribution in [0.1, 0.15) is 27.5 Å². The van der Waals surface area contributed by atoms with Crippen molar-refractivity contribution in [3.8, 4) is 11.5 Å². The van der Waals surface area contributed by atoms with Crippen LogP contribution in [0.3, 0.4) is 0 Å². The fraction of sp³-hybridized carbons (Fsp3) is 0.231. The number of carbonyl (C=O) groups is 2. The lowest BCUT2D eigenvalue weighted by Crippen LogP contribution is -2.45. The highest BCUT2D eigenvalue weighted by molar-refractivity contribution is 6.42. The first-order chi connectivity index (χ1) is 16.9. The summed E-state index contributed by atoms with van der Waals surface area (Å²) in [6.07, 6.45) is 0.717. The Morgan fingerprint density at radius 3 is 2.37 bits per heavy atom. The summed E-state index contributed by atoms with van der Waals surface area (Å²) in [6, 6.07) is 17.1. The number of urea groups is 1. The summed E-state index contributed by atoms with van der Waals surface area (Å²) in [5.74, 6) is 0.884. The highest BCUT2D eigenvalue weighted by atomic mass is 35.5. The largest absolute Gasteiger partial charge is 0.497 e. The monoisotopic (exact) mass is 513 g/mol. The van der Waals surface area contributed by atoms with Crippen LogP contribution in [0.25, 0.3) is 0 Å². The maximum absolute atomic E-state index is 13.6. The predicted octanol–water partition coefficient (Wildman–Crippen LogP) is 5.57. The topological polar surface area (TPSA) is 79.9 Å². The van der Waals surface area contributed by atoms with Gasteiger partial charge in [-0.25, -0.2) is 4.79 Å². The second-order valence-corrected chi connectivity index (χ2v) is 8.84. The third-order valence-electron chi connectivity index (χ3n) is 5.91. The number of rotatable bonds is 6. The van der Waals surface area contributed by atoms with E-state index in [4.69, 9.17) is 32.7 Å². The van der Waals surface area contributed by atoms with Gasteiger partial charge in [-0.3, -0.25) is 4.79 Å². The molecule has 0 spiro atoms. The Bertz CT molecular complexity index is 1230. The molecule has 0 saturated carbocycles. The van der Waals surface area contributed by atoms with Gasteiger partial charge >= 0.3 is 6.03 Å². The Morgan fingerprint density at radius 1 is 0.971 bits per heavy atom. The zero-order valence-corrected chi connectivity index (χ0v) is 20.8. The highest BCUT2D eigenvalue weighted by Gasteiger charge is 2.32. The third kappa shape index (κ3) is 5.63. The smallest absolute Gasteiger partial charge is 0.319 e. The van der Waals surface area contributed by atoms with Gasteiger partial charge in [0.25, 0.3) is 5.91 Å². The fourth-order valence-corrected chi connectivity index (χ4v) is 4.45. The molecule has 182 valence electrons. The molecule has 2 N–H and O–H groups in total. The number of anilines is 1. The second-order valence-electron chi connectivity index (χ2n) is 8.03. The molecule has 1 aliphatic heterocycles. The molecule has 0 aromatic heterocycles. The summed E-state index contributed by atoms with van der Waals surface area (Å²) in [5, 5.41) is 6.38. The number of nitrogens with zero attached hydrogens (tertiary/aromatic N) is 1. The minimum atomic E-state index is -0.415. The van der Waals surface area contributed by atoms with Gasteiger partial charge in [-0.2, -0.15) is 0 Å². The molecule has 4 rings (SSSR count). The van der Waals surface area contributed by atoms with Crippen molar-refractivity contribution < 1.29 is 19.1 Å². The summed E-state index contributed by atoms with van der Waals surface area (Å²) in [5.41, 5.74) is 3.11. The Morgan fingerprint density at radius 2 is 1.69 bits per heavy atom. The number of hydrogen-bond acceptors (Lipinski definition) is 4. The van der Waals surface area contributed by atoms with Crippen molar-refractivity contribution >= 4 is 40.8 Å². The molecule has 3 amide bonds. The highest BCUT2D eigenvalue weighted by Crippen LogP contribution is 2.32. The quantitative estimate of drug-likeness (QED) is 0.451. The molecule has 3 aromatic rings. The van der Waals surface area contributed by atoms with Gasteiger partial charge in [0.15, 0.2) is 0 Å². The summed E-state index contributed by atoms with van der Waals surface area (Å²) in [4.78, 5) is 28.0. The number of amides is 3. The first kappa shape index (κ1) is 24.7. The number of carbonyl (C=O) groups excluding carboxylic acids is 2. The number of methoxy groups -OCH3 is 2. The predicted molar refractivity (Wildman–Crippen MR) is 137 cm³/mol. The van der Waals surface area contributed by atoms with Crippen LogP contribution in [0.15, 0.2) is 60.7 Å². The summed E-state index contributed by atoms with van der Waals surface area (Å²) < 4.78 is 10.7. The number of halogens is 2. The van der Waals surface area contributed by atoms with Crippen molar-refractivity contribution in [2.75, 3.05) is 32.6 Å². The van der Waals surface area contributed by atoms with E-state index >= 15 is 0 Å². The first-order valence-electron chi connectivity index (χ1n) is 11.0. The van der Waals surface area contributed by atoms with Gasteiger partial charge in [-0.15, -0.1) is 0 Å². The Labute approximate surface area is 213 Å². The molecule has 0 fully saturated rings. The molecule has 0 radical (unpaired) electrons. The lowest BCUT2D eigenvalue weighted by molar-refractivity contribution is 0.0660. The van der Waals surface area contributed by atoms with E-state index in [1.807, 2.05) is 18.2 Å². The van der Waals surface area contributed by atoms with E-state index in [1.165, 1.54) is 0 Å². The average Bonchev–Trinajstić information content (AvgIpc) is 2.88. The fourth-order valence-electron chi connectivity index (χ4n) is 4.15. The van der Waals surface area contributed by atoms with Gasteiger partial charge in [-0.05, 0) is 47.9 Å². The number of hydrogen-bond donors (Lipinski definition) is 2. The molecule has 0 saturated heterocycles. The molecule has 1 atom stereocenters. The van der Waals surface area contributed by atoms with Crippen LogP contribution in [0.4, 0.5) is 10.5 Å². The van der Waals surface area contributed by atoms with Crippen LogP contribution >= 0.6 is 23.2 Å². The maximum Gasteiger partial charge on any atom is 0.319 e. The molecule has 9 heteroatoms. The van der Waals surface area contributed by atoms with Crippen molar-refractivity contribution in [1.29, 1.82) is 0 Å². The summed E-state index contributed by atoms with van der Waals surface area (Å²) in [6.45, 7) is 0.729. The van der Waals surface area contributed by atoms with E-state index in [2.05, 4.69) is 16.7 Å². The van der Waals surface area contributed by atoms with E-state index in [0.29, 0.717) is 39.3 Å². The van der Waals surface area contributed by atoms with Gasteiger partial charge < -0.3 is 25.0 Å². The van der Waals surface area contributed by atoms with Crippen molar-refractivity contribution in [3.05, 3.63) is 87.4 Å². The molecule has 0 bridgehead atoms. The molecule has 0 unspecified atom stereocenters. The first-order valence-corrected chi connectivity index (χ1v) is 11.8. The van der Waals surface area contributed by atoms with Crippen LogP contribution in [0.2, 0.25) is 10.0 Å². The molecule has 7 nitrogen and oxygen atoms in total. The molecule has 1 heterocycles. The van der Waals surface area contributed by atoms with Crippen molar-refractivity contribution in [2.45, 2.75) is 12.5 Å². The molecule has 1 aliphatic rings. The van der Waals surface area contributed by atoms with E-state index in [-0.39, 0.29) is 18.5 Å². The number of benzene rings is 3. The number of ether oxygens (including phenoxy) is 2. The zero-order chi connectivity index (χ0) is 24.9. The van der Waals surface area contributed by atoms with E-state index in [1.54, 1.807) is 55.5 Å². The number of fused-ring (bicyclic) bond motifs is 1. The lowest BCUT2D eigenvalue weighted by Gasteiger charge is -2.37. The third-order valence-corrected chi connectivity index (χ3v) is 6.64. The van der Waals surface area contributed by atoms with E-state index < -0.39 is 6.03 Å². The van der Waals surface area contributed by atoms with Crippen molar-refractivity contribution in [3.63, 3.8) is 0 Å². The summed E-state index contributed by atoms with van der Waals surface area (Å²) >= 11 is 12.0. The van der Waals surface area contributed by atoms with Crippen LogP contribution in [-0.2, 0) is 6.42 Å². The standard InChI is InChI=1S/C26H25Cl2N3O4/c1-34-19-11-17(12-20(14-19)35-2)25(32)31-10-9-16-5-3-4-6-21(16)24(31)15-29-26(33)30-18-7-8-22(27)23(28)13-18/h3-8,11-14,24H,9-10,15H2,1-2H3,(H2,29,30,33)/t24-/m1/s1. The molecular formula is C26H25Cl2N3O4. The Hall–Kier alpha value is -3.42. The van der Waals surface area contributed by atoms with Crippen LogP contribution < -0.4 is 20.1 Å². The molecule has 0 aliphatic carbocycles. The second kappa shape index (κ2) is 10.9. The van der Waals surface area contributed by atoms with Crippen LogP contribution in [-0.4, -0.2) is 44.1 Å². The van der Waals surface area contributed by atoms with Crippen molar-refractivity contribution in [1.82, 2.24) is 10.2 Å². The number of nitrogens with one attached hydrogen (secondary N) is 2. The van der Waals surface area contributed by atoms with E-state index in [9.17, 15) is 9.59 Å². The minimum absolute atomic E-state index is 0.173. The molecule has 3 aromatic carbocycles. The maximum atomic E-state index is 13.6. The average molecular weight is 514 g/mol. The normalized spacial score (nSPS) is 14.6. The van der Waals surface area contributed by atoms with Crippen LogP contribution in [0.5, 0.6) is 11.5 Å². The lowest BCUT2D eigenvalue weighted by atomic mass is 9.92. The molecular weight excluding hydrogens is 489 g/mol. The minimum Gasteiger partial charge on any atom is -0.497 e. The van der Waals surface area contributed by atoms with Gasteiger partial charge in [0.2, 0.25) is 0 Å². The zero-order valence-electron chi connectivity index (χ0n) is 19.3. The van der Waals surface area contributed by atoms with E-state index in [0.717, 1.165) is 17.5 Å². The van der Waals surface area contributed by atoms with Gasteiger partial charge in [0, 0.05) is 30.4 Å². The molecule has 35 heavy (non-hydrogen) atoms. The van der Waals surface area contributed by atoms with Crippen molar-refractivity contribution in [2.24, 2.45) is 0 Å².